The monoisotopic (exact) mass is 463 g/mol. The van der Waals surface area contributed by atoms with E-state index in [1.165, 1.54) is 11.3 Å². The molecule has 0 saturated carbocycles. The van der Waals surface area contributed by atoms with Gasteiger partial charge in [0.2, 0.25) is 0 Å². The molecule has 1 aliphatic rings. The predicted octanol–water partition coefficient (Wildman–Crippen LogP) is 4.44. The van der Waals surface area contributed by atoms with Crippen LogP contribution in [0.2, 0.25) is 0 Å². The van der Waals surface area contributed by atoms with E-state index in [2.05, 4.69) is 0 Å². The van der Waals surface area contributed by atoms with Crippen LogP contribution in [0.25, 0.3) is 21.0 Å². The van der Waals surface area contributed by atoms with E-state index in [0.29, 0.717) is 54.2 Å². The predicted molar refractivity (Wildman–Crippen MR) is 131 cm³/mol. The van der Waals surface area contributed by atoms with Gasteiger partial charge in [0.05, 0.1) is 22.9 Å². The number of nitrogens with zero attached hydrogens (tertiary/aromatic N) is 3. The molecule has 1 aromatic heterocycles. The molecule has 0 N–H and O–H groups in total. The molecular weight excluding hydrogens is 438 g/mol. The Balaban J connectivity index is 1.58. The van der Waals surface area contributed by atoms with Crippen molar-refractivity contribution in [3.05, 3.63) is 54.1 Å². The van der Waals surface area contributed by atoms with Crippen molar-refractivity contribution in [2.24, 2.45) is 0 Å². The molecule has 3 aromatic carbocycles. The van der Waals surface area contributed by atoms with Gasteiger partial charge in [-0.25, -0.2) is 4.98 Å². The van der Waals surface area contributed by atoms with Crippen LogP contribution >= 0.6 is 11.3 Å². The standard InChI is InChI=1S/C25H25N3O4S/c1-27(2)8-9-28(24(29)18-12-16-6-4-5-7-17(16)13-20(18)30-3)25-26-19-14-21-22(15-23(19)33-25)32-11-10-31-21/h4-7,12-15H,8-11H2,1-3H3. The van der Waals surface area contributed by atoms with Gasteiger partial charge in [-0.2, -0.15) is 0 Å². The first-order chi connectivity index (χ1) is 16.0. The average molecular weight is 464 g/mol. The van der Waals surface area contributed by atoms with E-state index >= 15 is 0 Å². The van der Waals surface area contributed by atoms with Gasteiger partial charge in [0.25, 0.3) is 5.91 Å². The zero-order valence-corrected chi connectivity index (χ0v) is 19.6. The lowest BCUT2D eigenvalue weighted by Gasteiger charge is -2.23. The van der Waals surface area contributed by atoms with Crippen molar-refractivity contribution in [3.63, 3.8) is 0 Å². The lowest BCUT2D eigenvalue weighted by molar-refractivity contribution is 0.0982. The van der Waals surface area contributed by atoms with Crippen LogP contribution in [0.1, 0.15) is 10.4 Å². The number of rotatable bonds is 6. The lowest BCUT2D eigenvalue weighted by atomic mass is 10.0. The fraction of sp³-hybridized carbons (Fsp3) is 0.280. The largest absolute Gasteiger partial charge is 0.496 e. The van der Waals surface area contributed by atoms with Crippen molar-refractivity contribution in [1.29, 1.82) is 0 Å². The van der Waals surface area contributed by atoms with E-state index < -0.39 is 0 Å². The van der Waals surface area contributed by atoms with Crippen molar-refractivity contribution >= 4 is 43.4 Å². The summed E-state index contributed by atoms with van der Waals surface area (Å²) >= 11 is 1.47. The van der Waals surface area contributed by atoms with Gasteiger partial charge >= 0.3 is 0 Å². The minimum absolute atomic E-state index is 0.143. The highest BCUT2D eigenvalue weighted by Crippen LogP contribution is 2.39. The normalized spacial score (nSPS) is 13.0. The molecule has 1 amide bonds. The van der Waals surface area contributed by atoms with Crippen LogP contribution in [0.5, 0.6) is 17.2 Å². The van der Waals surface area contributed by atoms with E-state index in [1.807, 2.05) is 67.5 Å². The molecule has 170 valence electrons. The molecule has 0 unspecified atom stereocenters. The fourth-order valence-electron chi connectivity index (χ4n) is 3.85. The summed E-state index contributed by atoms with van der Waals surface area (Å²) in [6, 6.07) is 15.6. The number of thiazole rings is 1. The summed E-state index contributed by atoms with van der Waals surface area (Å²) in [6.45, 7) is 2.23. The highest BCUT2D eigenvalue weighted by molar-refractivity contribution is 7.22. The van der Waals surface area contributed by atoms with E-state index in [1.54, 1.807) is 12.0 Å². The Hall–Kier alpha value is -3.36. The first-order valence-corrected chi connectivity index (χ1v) is 11.6. The number of amides is 1. The molecule has 1 aliphatic heterocycles. The third kappa shape index (κ3) is 4.19. The summed E-state index contributed by atoms with van der Waals surface area (Å²) < 4.78 is 18.0. The number of fused-ring (bicyclic) bond motifs is 3. The second kappa shape index (κ2) is 8.88. The highest BCUT2D eigenvalue weighted by atomic mass is 32.1. The molecule has 8 heteroatoms. The molecule has 7 nitrogen and oxygen atoms in total. The molecule has 0 radical (unpaired) electrons. The number of aromatic nitrogens is 1. The van der Waals surface area contributed by atoms with Gasteiger partial charge in [-0.05, 0) is 37.0 Å². The first-order valence-electron chi connectivity index (χ1n) is 10.8. The highest BCUT2D eigenvalue weighted by Gasteiger charge is 2.25. The Morgan fingerprint density at radius 1 is 1.03 bits per heavy atom. The summed E-state index contributed by atoms with van der Waals surface area (Å²) in [5.41, 5.74) is 1.30. The van der Waals surface area contributed by atoms with Gasteiger partial charge in [0, 0.05) is 25.2 Å². The second-order valence-corrected chi connectivity index (χ2v) is 9.13. The number of likely N-dealkylation sites (N-methyl/N-ethyl adjacent to an activating group) is 1. The van der Waals surface area contributed by atoms with Gasteiger partial charge in [0.1, 0.15) is 19.0 Å². The molecular formula is C25H25N3O4S. The van der Waals surface area contributed by atoms with Gasteiger partial charge in [-0.1, -0.05) is 35.6 Å². The zero-order valence-electron chi connectivity index (χ0n) is 18.8. The molecule has 0 saturated heterocycles. The third-order valence-corrected chi connectivity index (χ3v) is 6.63. The van der Waals surface area contributed by atoms with Gasteiger partial charge < -0.3 is 19.1 Å². The summed E-state index contributed by atoms with van der Waals surface area (Å²) in [7, 11) is 5.56. The quantitative estimate of drug-likeness (QED) is 0.421. The van der Waals surface area contributed by atoms with Crippen LogP contribution in [0, 0.1) is 0 Å². The fourth-order valence-corrected chi connectivity index (χ4v) is 4.85. The van der Waals surface area contributed by atoms with Gasteiger partial charge in [0.15, 0.2) is 16.6 Å². The Bertz CT molecular complexity index is 1290. The molecule has 2 heterocycles. The number of hydrogen-bond acceptors (Lipinski definition) is 7. The van der Waals surface area contributed by atoms with Crippen LogP contribution in [0.4, 0.5) is 5.13 Å². The number of anilines is 1. The van der Waals surface area contributed by atoms with Crippen LogP contribution in [0.3, 0.4) is 0 Å². The zero-order chi connectivity index (χ0) is 22.9. The topological polar surface area (TPSA) is 64.1 Å². The lowest BCUT2D eigenvalue weighted by Crippen LogP contribution is -2.37. The second-order valence-electron chi connectivity index (χ2n) is 8.12. The number of methoxy groups -OCH3 is 1. The Kier molecular flexibility index (Phi) is 5.78. The van der Waals surface area contributed by atoms with E-state index in [-0.39, 0.29) is 5.91 Å². The number of ether oxygens (including phenoxy) is 3. The molecule has 0 aliphatic carbocycles. The summed E-state index contributed by atoms with van der Waals surface area (Å²) in [5, 5.41) is 2.64. The van der Waals surface area contributed by atoms with Crippen molar-refractivity contribution in [3.8, 4) is 17.2 Å². The van der Waals surface area contributed by atoms with Crippen molar-refractivity contribution in [1.82, 2.24) is 9.88 Å². The van der Waals surface area contributed by atoms with Gasteiger partial charge in [-0.15, -0.1) is 0 Å². The molecule has 5 rings (SSSR count). The Labute approximate surface area is 196 Å². The van der Waals surface area contributed by atoms with E-state index in [0.717, 1.165) is 21.0 Å². The summed E-state index contributed by atoms with van der Waals surface area (Å²) in [5.74, 6) is 1.81. The number of carbonyl (C=O) groups is 1. The minimum atomic E-state index is -0.143. The smallest absolute Gasteiger partial charge is 0.263 e. The average Bonchev–Trinajstić information content (AvgIpc) is 3.23. The summed E-state index contributed by atoms with van der Waals surface area (Å²) in [6.07, 6.45) is 0. The SMILES string of the molecule is COc1cc2ccccc2cc1C(=O)N(CCN(C)C)c1nc2cc3c(cc2s1)OCCO3. The number of benzene rings is 3. The molecule has 0 atom stereocenters. The molecule has 4 aromatic rings. The molecule has 0 bridgehead atoms. The van der Waals surface area contributed by atoms with Crippen LogP contribution in [-0.2, 0) is 0 Å². The summed E-state index contributed by atoms with van der Waals surface area (Å²) in [4.78, 5) is 22.4. The first kappa shape index (κ1) is 21.5. The van der Waals surface area contributed by atoms with Gasteiger partial charge in [-0.3, -0.25) is 9.69 Å². The van der Waals surface area contributed by atoms with Crippen molar-refractivity contribution < 1.29 is 19.0 Å². The minimum Gasteiger partial charge on any atom is -0.496 e. The third-order valence-electron chi connectivity index (χ3n) is 5.59. The van der Waals surface area contributed by atoms with Crippen LogP contribution in [0.15, 0.2) is 48.5 Å². The van der Waals surface area contributed by atoms with Crippen molar-refractivity contribution in [2.45, 2.75) is 0 Å². The maximum Gasteiger partial charge on any atom is 0.263 e. The van der Waals surface area contributed by atoms with Crippen LogP contribution < -0.4 is 19.1 Å². The van der Waals surface area contributed by atoms with Crippen molar-refractivity contribution in [2.75, 3.05) is 52.4 Å². The number of hydrogen-bond donors (Lipinski definition) is 0. The molecule has 33 heavy (non-hydrogen) atoms. The Morgan fingerprint density at radius 3 is 2.42 bits per heavy atom. The number of carbonyl (C=O) groups excluding carboxylic acids is 1. The maximum atomic E-state index is 13.9. The van der Waals surface area contributed by atoms with E-state index in [4.69, 9.17) is 19.2 Å². The molecule has 0 spiro atoms. The van der Waals surface area contributed by atoms with E-state index in [9.17, 15) is 4.79 Å². The molecule has 0 fully saturated rings. The maximum absolute atomic E-state index is 13.9. The van der Waals surface area contributed by atoms with Crippen LogP contribution in [-0.4, -0.2) is 63.3 Å². The Morgan fingerprint density at radius 2 is 1.73 bits per heavy atom.